The first-order valence-corrected chi connectivity index (χ1v) is 5.53. The van der Waals surface area contributed by atoms with E-state index in [1.165, 1.54) is 32.1 Å². The van der Waals surface area contributed by atoms with Gasteiger partial charge in [-0.15, -0.1) is 0 Å². The largest absolute Gasteiger partial charge is 0.481 e. The standard InChI is InChI=1S/C7H14O.C4H8O2/c8-6-7-4-2-1-3-5-7;1-2-3-4(5)6/h7-8H,1-6H2;2-3H2,1H3,(H,5,6). The molecule has 84 valence electrons. The highest BCUT2D eigenvalue weighted by Gasteiger charge is 2.10. The molecule has 0 spiro atoms. The second-order valence-corrected chi connectivity index (χ2v) is 3.83. The summed E-state index contributed by atoms with van der Waals surface area (Å²) >= 11 is 0. The first-order valence-electron chi connectivity index (χ1n) is 5.53. The maximum atomic E-state index is 9.60. The molecule has 0 unspecified atom stereocenters. The van der Waals surface area contributed by atoms with E-state index in [1.807, 2.05) is 6.92 Å². The van der Waals surface area contributed by atoms with Gasteiger partial charge in [-0.2, -0.15) is 0 Å². The Morgan fingerprint density at radius 3 is 2.07 bits per heavy atom. The van der Waals surface area contributed by atoms with E-state index in [0.717, 1.165) is 6.42 Å². The highest BCUT2D eigenvalue weighted by Crippen LogP contribution is 2.22. The van der Waals surface area contributed by atoms with Gasteiger partial charge in [0.1, 0.15) is 0 Å². The number of aliphatic carboxylic acids is 1. The summed E-state index contributed by atoms with van der Waals surface area (Å²) in [5, 5.41) is 16.6. The number of hydrogen-bond donors (Lipinski definition) is 2. The fourth-order valence-corrected chi connectivity index (χ4v) is 1.58. The lowest BCUT2D eigenvalue weighted by molar-refractivity contribution is -0.137. The van der Waals surface area contributed by atoms with Gasteiger partial charge in [-0.05, 0) is 25.2 Å². The van der Waals surface area contributed by atoms with Crippen LogP contribution in [-0.4, -0.2) is 22.8 Å². The number of hydrogen-bond acceptors (Lipinski definition) is 2. The lowest BCUT2D eigenvalue weighted by Crippen LogP contribution is -2.09. The zero-order chi connectivity index (χ0) is 10.8. The average Bonchev–Trinajstić information content (AvgIpc) is 2.20. The number of aliphatic hydroxyl groups excluding tert-OH is 1. The lowest BCUT2D eigenvalue weighted by Gasteiger charge is -2.18. The van der Waals surface area contributed by atoms with E-state index < -0.39 is 5.97 Å². The molecule has 0 radical (unpaired) electrons. The van der Waals surface area contributed by atoms with Crippen molar-refractivity contribution in [3.05, 3.63) is 0 Å². The smallest absolute Gasteiger partial charge is 0.303 e. The third-order valence-corrected chi connectivity index (χ3v) is 2.45. The number of aliphatic hydroxyl groups is 1. The molecule has 2 N–H and O–H groups in total. The third kappa shape index (κ3) is 8.05. The topological polar surface area (TPSA) is 57.5 Å². The molecule has 1 aliphatic carbocycles. The SMILES string of the molecule is CCCC(=O)O.OCC1CCCCC1. The van der Waals surface area contributed by atoms with E-state index in [1.54, 1.807) is 0 Å². The van der Waals surface area contributed by atoms with Crippen LogP contribution in [0.2, 0.25) is 0 Å². The first-order chi connectivity index (χ1) is 6.70. The predicted octanol–water partition coefficient (Wildman–Crippen LogP) is 2.43. The monoisotopic (exact) mass is 202 g/mol. The number of carboxylic acid groups (broad SMARTS) is 1. The Hall–Kier alpha value is -0.570. The van der Waals surface area contributed by atoms with Crippen LogP contribution >= 0.6 is 0 Å². The summed E-state index contributed by atoms with van der Waals surface area (Å²) < 4.78 is 0. The molecule has 14 heavy (non-hydrogen) atoms. The Labute approximate surface area is 86.1 Å². The van der Waals surface area contributed by atoms with E-state index in [-0.39, 0.29) is 0 Å². The molecule has 3 nitrogen and oxygen atoms in total. The lowest BCUT2D eigenvalue weighted by atomic mass is 9.90. The molecular weight excluding hydrogens is 180 g/mol. The van der Waals surface area contributed by atoms with E-state index in [9.17, 15) is 4.79 Å². The van der Waals surface area contributed by atoms with Crippen molar-refractivity contribution in [2.24, 2.45) is 5.92 Å². The van der Waals surface area contributed by atoms with Crippen LogP contribution < -0.4 is 0 Å². The molecule has 1 aliphatic rings. The van der Waals surface area contributed by atoms with Crippen LogP contribution in [0.5, 0.6) is 0 Å². The molecule has 0 amide bonds. The van der Waals surface area contributed by atoms with Crippen LogP contribution in [0.25, 0.3) is 0 Å². The van der Waals surface area contributed by atoms with Crippen molar-refractivity contribution in [1.29, 1.82) is 0 Å². The van der Waals surface area contributed by atoms with Gasteiger partial charge in [0.15, 0.2) is 0 Å². The number of carboxylic acids is 1. The third-order valence-electron chi connectivity index (χ3n) is 2.45. The summed E-state index contributed by atoms with van der Waals surface area (Å²) in [6.45, 7) is 2.26. The second-order valence-electron chi connectivity index (χ2n) is 3.83. The number of carbonyl (C=O) groups is 1. The fraction of sp³-hybridized carbons (Fsp3) is 0.909. The zero-order valence-corrected chi connectivity index (χ0v) is 9.04. The Balaban J connectivity index is 0.000000255. The molecule has 0 atom stereocenters. The van der Waals surface area contributed by atoms with E-state index in [4.69, 9.17) is 10.2 Å². The molecule has 0 aromatic rings. The summed E-state index contributed by atoms with van der Waals surface area (Å²) in [4.78, 5) is 9.60. The zero-order valence-electron chi connectivity index (χ0n) is 9.04. The van der Waals surface area contributed by atoms with Crippen LogP contribution in [0.3, 0.4) is 0 Å². The van der Waals surface area contributed by atoms with Gasteiger partial charge in [-0.1, -0.05) is 26.2 Å². The minimum Gasteiger partial charge on any atom is -0.481 e. The molecule has 1 rings (SSSR count). The maximum absolute atomic E-state index is 9.60. The Morgan fingerprint density at radius 1 is 1.29 bits per heavy atom. The van der Waals surface area contributed by atoms with Crippen LogP contribution in [0, 0.1) is 5.92 Å². The minimum absolute atomic E-state index is 0.292. The second kappa shape index (κ2) is 9.00. The van der Waals surface area contributed by atoms with E-state index in [2.05, 4.69) is 0 Å². The van der Waals surface area contributed by atoms with Gasteiger partial charge >= 0.3 is 5.97 Å². The molecule has 0 aliphatic heterocycles. The van der Waals surface area contributed by atoms with Crippen LogP contribution in [-0.2, 0) is 4.79 Å². The molecule has 0 saturated heterocycles. The van der Waals surface area contributed by atoms with E-state index >= 15 is 0 Å². The van der Waals surface area contributed by atoms with Gasteiger partial charge in [0.25, 0.3) is 0 Å². The normalized spacial score (nSPS) is 17.0. The molecule has 1 saturated carbocycles. The molecule has 1 fully saturated rings. The highest BCUT2D eigenvalue weighted by atomic mass is 16.4. The van der Waals surface area contributed by atoms with Crippen LogP contribution in [0.15, 0.2) is 0 Å². The summed E-state index contributed by atoms with van der Waals surface area (Å²) in [5.74, 6) is -0.0683. The van der Waals surface area contributed by atoms with Crippen LogP contribution in [0.4, 0.5) is 0 Å². The van der Waals surface area contributed by atoms with Crippen molar-refractivity contribution in [1.82, 2.24) is 0 Å². The van der Waals surface area contributed by atoms with Gasteiger partial charge < -0.3 is 10.2 Å². The van der Waals surface area contributed by atoms with Gasteiger partial charge in [0.2, 0.25) is 0 Å². The van der Waals surface area contributed by atoms with Crippen molar-refractivity contribution in [2.75, 3.05) is 6.61 Å². The van der Waals surface area contributed by atoms with Gasteiger partial charge in [0, 0.05) is 13.0 Å². The summed E-state index contributed by atoms with van der Waals surface area (Å²) in [5.41, 5.74) is 0. The average molecular weight is 202 g/mol. The molecule has 0 bridgehead atoms. The Morgan fingerprint density at radius 2 is 1.86 bits per heavy atom. The van der Waals surface area contributed by atoms with Crippen LogP contribution in [0.1, 0.15) is 51.9 Å². The van der Waals surface area contributed by atoms with Gasteiger partial charge in [-0.3, -0.25) is 4.79 Å². The van der Waals surface area contributed by atoms with Crippen molar-refractivity contribution < 1.29 is 15.0 Å². The minimum atomic E-state index is -0.711. The fourth-order valence-electron chi connectivity index (χ4n) is 1.58. The maximum Gasteiger partial charge on any atom is 0.303 e. The summed E-state index contributed by atoms with van der Waals surface area (Å²) in [6, 6.07) is 0. The Kier molecular flexibility index (Phi) is 8.64. The van der Waals surface area contributed by atoms with Crippen molar-refractivity contribution in [3.8, 4) is 0 Å². The number of rotatable bonds is 3. The van der Waals surface area contributed by atoms with Gasteiger partial charge in [0.05, 0.1) is 0 Å². The summed E-state index contributed by atoms with van der Waals surface area (Å²) in [6.07, 6.45) is 7.61. The van der Waals surface area contributed by atoms with Crippen molar-refractivity contribution in [3.63, 3.8) is 0 Å². The molecule has 0 aromatic heterocycles. The molecule has 3 heteroatoms. The predicted molar refractivity (Wildman–Crippen MR) is 56.2 cm³/mol. The van der Waals surface area contributed by atoms with E-state index in [0.29, 0.717) is 18.9 Å². The molecule has 0 heterocycles. The van der Waals surface area contributed by atoms with Crippen molar-refractivity contribution in [2.45, 2.75) is 51.9 Å². The first kappa shape index (κ1) is 13.4. The van der Waals surface area contributed by atoms with Crippen molar-refractivity contribution >= 4 is 5.97 Å². The Bertz CT molecular complexity index is 139. The molecular formula is C11H22O3. The highest BCUT2D eigenvalue weighted by molar-refractivity contribution is 5.66. The van der Waals surface area contributed by atoms with Gasteiger partial charge in [-0.25, -0.2) is 0 Å². The quantitative estimate of drug-likeness (QED) is 0.739. The summed E-state index contributed by atoms with van der Waals surface area (Å²) in [7, 11) is 0. The molecule has 0 aromatic carbocycles.